The van der Waals surface area contributed by atoms with Crippen molar-refractivity contribution in [2.24, 2.45) is 0 Å². The lowest BCUT2D eigenvalue weighted by Gasteiger charge is -2.39. The number of pyridine rings is 1. The van der Waals surface area contributed by atoms with E-state index in [0.717, 1.165) is 51.0 Å². The van der Waals surface area contributed by atoms with Crippen LogP contribution in [-0.4, -0.2) is 83.2 Å². The summed E-state index contributed by atoms with van der Waals surface area (Å²) in [4.78, 5) is 21.4. The molecule has 0 bridgehead atoms. The molecule has 2 aliphatic rings. The Hall–Kier alpha value is -3.96. The number of aromatic nitrogens is 5. The summed E-state index contributed by atoms with van der Waals surface area (Å²) in [6.07, 6.45) is 2.06. The number of benzene rings is 2. The van der Waals surface area contributed by atoms with Crippen LogP contribution in [0.1, 0.15) is 30.3 Å². The van der Waals surface area contributed by atoms with E-state index in [0.29, 0.717) is 34.9 Å². The van der Waals surface area contributed by atoms with E-state index in [9.17, 15) is 4.79 Å². The molecule has 0 unspecified atom stereocenters. The summed E-state index contributed by atoms with van der Waals surface area (Å²) in [7, 11) is 3.18. The Kier molecular flexibility index (Phi) is 7.16. The highest BCUT2D eigenvalue weighted by Gasteiger charge is 2.33. The van der Waals surface area contributed by atoms with Gasteiger partial charge in [-0.15, -0.1) is 5.10 Å². The Labute approximate surface area is 226 Å². The van der Waals surface area contributed by atoms with Crippen LogP contribution in [0.5, 0.6) is 11.5 Å². The normalized spacial score (nSPS) is 18.9. The smallest absolute Gasteiger partial charge is 0.253 e. The second-order valence-electron chi connectivity index (χ2n) is 9.96. The average Bonchev–Trinajstić information content (AvgIpc) is 3.66. The van der Waals surface area contributed by atoms with Gasteiger partial charge in [-0.05, 0) is 47.5 Å². The van der Waals surface area contributed by atoms with E-state index in [1.165, 1.54) is 5.69 Å². The lowest BCUT2D eigenvalue weighted by molar-refractivity contribution is 0.0906. The van der Waals surface area contributed by atoms with Crippen molar-refractivity contribution in [1.29, 1.82) is 0 Å². The summed E-state index contributed by atoms with van der Waals surface area (Å²) in [6, 6.07) is 15.6. The van der Waals surface area contributed by atoms with Crippen LogP contribution >= 0.6 is 0 Å². The number of nitrogens with zero attached hydrogens (tertiary/aromatic N) is 6. The van der Waals surface area contributed by atoms with Gasteiger partial charge in [-0.1, -0.05) is 18.2 Å². The fourth-order valence-corrected chi connectivity index (χ4v) is 5.65. The highest BCUT2D eigenvalue weighted by molar-refractivity contribution is 5.83. The minimum atomic E-state index is -0.430. The number of H-pyrrole nitrogens is 1. The van der Waals surface area contributed by atoms with Crippen molar-refractivity contribution in [3.8, 4) is 11.5 Å². The van der Waals surface area contributed by atoms with Crippen LogP contribution in [-0.2, 0) is 11.3 Å². The molecule has 11 heteroatoms. The molecule has 0 spiro atoms. The third kappa shape index (κ3) is 5.07. The molecule has 2 aliphatic heterocycles. The van der Waals surface area contributed by atoms with Crippen LogP contribution in [0, 0.1) is 0 Å². The molecule has 4 heterocycles. The van der Waals surface area contributed by atoms with Gasteiger partial charge >= 0.3 is 0 Å². The lowest BCUT2D eigenvalue weighted by atomic mass is 10.0. The molecule has 4 aromatic rings. The third-order valence-corrected chi connectivity index (χ3v) is 7.68. The maximum Gasteiger partial charge on any atom is 0.253 e. The van der Waals surface area contributed by atoms with Crippen LogP contribution in [0.15, 0.2) is 53.3 Å². The molecule has 11 nitrogen and oxygen atoms in total. The van der Waals surface area contributed by atoms with Crippen molar-refractivity contribution in [3.63, 3.8) is 0 Å². The van der Waals surface area contributed by atoms with Gasteiger partial charge < -0.3 is 24.1 Å². The van der Waals surface area contributed by atoms with E-state index in [2.05, 4.69) is 54.6 Å². The first kappa shape index (κ1) is 25.3. The molecule has 39 heavy (non-hydrogen) atoms. The number of fused-ring (bicyclic) bond motifs is 1. The zero-order valence-electron chi connectivity index (χ0n) is 22.2. The number of hydrogen-bond acceptors (Lipinski definition) is 9. The highest BCUT2D eigenvalue weighted by Crippen LogP contribution is 2.34. The van der Waals surface area contributed by atoms with Gasteiger partial charge in [-0.25, -0.2) is 4.68 Å². The number of piperazine rings is 1. The predicted octanol–water partition coefficient (Wildman–Crippen LogP) is 2.62. The molecule has 0 amide bonds. The molecule has 0 radical (unpaired) electrons. The Balaban J connectivity index is 1.39. The second-order valence-corrected chi connectivity index (χ2v) is 9.96. The summed E-state index contributed by atoms with van der Waals surface area (Å²) in [5, 5.41) is 13.7. The van der Waals surface area contributed by atoms with Crippen molar-refractivity contribution in [3.05, 3.63) is 70.3 Å². The predicted molar refractivity (Wildman–Crippen MR) is 147 cm³/mol. The van der Waals surface area contributed by atoms with Gasteiger partial charge in [0.1, 0.15) is 6.04 Å². The first-order valence-electron chi connectivity index (χ1n) is 13.3. The summed E-state index contributed by atoms with van der Waals surface area (Å²) in [5.41, 5.74) is 2.28. The maximum atomic E-state index is 13.6. The molecule has 2 fully saturated rings. The molecule has 2 aromatic heterocycles. The molecular weight excluding hydrogens is 498 g/mol. The Morgan fingerprint density at radius 1 is 1.05 bits per heavy atom. The molecule has 0 saturated carbocycles. The van der Waals surface area contributed by atoms with E-state index in [-0.39, 0.29) is 11.7 Å². The number of tetrazole rings is 1. The van der Waals surface area contributed by atoms with Crippen molar-refractivity contribution in [2.45, 2.75) is 31.5 Å². The van der Waals surface area contributed by atoms with Gasteiger partial charge in [0.05, 0.1) is 32.4 Å². The van der Waals surface area contributed by atoms with Crippen LogP contribution in [0.25, 0.3) is 10.9 Å². The second kappa shape index (κ2) is 11.0. The van der Waals surface area contributed by atoms with Crippen molar-refractivity contribution in [1.82, 2.24) is 30.1 Å². The summed E-state index contributed by atoms with van der Waals surface area (Å²) < 4.78 is 18.6. The van der Waals surface area contributed by atoms with Gasteiger partial charge in [0, 0.05) is 55.5 Å². The molecule has 2 atom stereocenters. The molecule has 1 N–H and O–H groups in total. The number of rotatable bonds is 8. The van der Waals surface area contributed by atoms with Gasteiger partial charge in [-0.3, -0.25) is 9.69 Å². The van der Waals surface area contributed by atoms with Crippen molar-refractivity contribution < 1.29 is 14.2 Å². The first-order chi connectivity index (χ1) is 19.1. The van der Waals surface area contributed by atoms with E-state index >= 15 is 0 Å². The zero-order valence-corrected chi connectivity index (χ0v) is 22.2. The van der Waals surface area contributed by atoms with E-state index in [4.69, 9.17) is 14.2 Å². The largest absolute Gasteiger partial charge is 0.493 e. The Bertz CT molecular complexity index is 1470. The minimum absolute atomic E-state index is 0.0643. The summed E-state index contributed by atoms with van der Waals surface area (Å²) in [6.45, 7) is 4.45. The number of aromatic amines is 1. The van der Waals surface area contributed by atoms with Gasteiger partial charge in [-0.2, -0.15) is 0 Å². The Morgan fingerprint density at radius 2 is 1.82 bits per heavy atom. The number of ether oxygens (including phenoxy) is 3. The van der Waals surface area contributed by atoms with Crippen LogP contribution in [0.2, 0.25) is 0 Å². The fraction of sp³-hybridized carbons (Fsp3) is 0.429. The van der Waals surface area contributed by atoms with Crippen LogP contribution in [0.3, 0.4) is 0 Å². The van der Waals surface area contributed by atoms with Gasteiger partial charge in [0.25, 0.3) is 5.56 Å². The standard InChI is InChI=1S/C28H33N7O4/c1-37-24-16-19-15-22(28(36)29-23(19)17-25(24)38-2)26(27-30-31-32-35(27)18-21-9-6-14-39-21)34-12-10-33(11-13-34)20-7-4-3-5-8-20/h3-5,7-8,15-17,21,26H,6,9-14,18H2,1-2H3,(H,29,36)/t21-,26+/m0/s1. The monoisotopic (exact) mass is 531 g/mol. The van der Waals surface area contributed by atoms with Gasteiger partial charge in [0.15, 0.2) is 17.3 Å². The number of anilines is 1. The van der Waals surface area contributed by atoms with E-state index < -0.39 is 6.04 Å². The molecule has 6 rings (SSSR count). The SMILES string of the molecule is COc1cc2cc([C@H](c3nnnn3C[C@@H]3CCCO3)N3CCN(c4ccccc4)CC3)c(=O)[nH]c2cc1OC. The molecule has 2 saturated heterocycles. The molecule has 2 aromatic carbocycles. The summed E-state index contributed by atoms with van der Waals surface area (Å²) in [5.74, 6) is 1.80. The average molecular weight is 532 g/mol. The van der Waals surface area contributed by atoms with Crippen molar-refractivity contribution >= 4 is 16.6 Å². The van der Waals surface area contributed by atoms with Crippen molar-refractivity contribution in [2.75, 3.05) is 51.9 Å². The summed E-state index contributed by atoms with van der Waals surface area (Å²) >= 11 is 0. The van der Waals surface area contributed by atoms with Crippen LogP contribution in [0.4, 0.5) is 5.69 Å². The number of hydrogen-bond donors (Lipinski definition) is 1. The maximum absolute atomic E-state index is 13.6. The van der Waals surface area contributed by atoms with Crippen LogP contribution < -0.4 is 19.9 Å². The quantitative estimate of drug-likeness (QED) is 0.367. The van der Waals surface area contributed by atoms with E-state index in [1.54, 1.807) is 20.3 Å². The Morgan fingerprint density at radius 3 is 2.54 bits per heavy atom. The fourth-order valence-electron chi connectivity index (χ4n) is 5.65. The zero-order chi connectivity index (χ0) is 26.8. The first-order valence-corrected chi connectivity index (χ1v) is 13.3. The topological polar surface area (TPSA) is 111 Å². The van der Waals surface area contributed by atoms with E-state index in [1.807, 2.05) is 22.9 Å². The number of para-hydroxylation sites is 1. The number of nitrogens with one attached hydrogen (secondary N) is 1. The number of methoxy groups -OCH3 is 2. The molecule has 204 valence electrons. The molecular formula is C28H33N7O4. The lowest BCUT2D eigenvalue weighted by Crippen LogP contribution is -2.49. The highest BCUT2D eigenvalue weighted by atomic mass is 16.5. The van der Waals surface area contributed by atoms with Gasteiger partial charge in [0.2, 0.25) is 0 Å². The molecule has 0 aliphatic carbocycles. The third-order valence-electron chi connectivity index (χ3n) is 7.68. The minimum Gasteiger partial charge on any atom is -0.493 e.